The van der Waals surface area contributed by atoms with Gasteiger partial charge in [0.1, 0.15) is 0 Å². The first-order valence-corrected chi connectivity index (χ1v) is 20.9. The SMILES string of the molecule is O=C(OC(F)(C(F)(F)F)C(F)(F)OC(F)(F)C(F)(F)OC12C(F)(F)C3(F)C(F)(F)C(OC(F)(F)C(F)(F)OC(F)(F)C(F)(OC(=O)C(F)=C(F)F)C(F)(F)F)(C1(F)F)C(F)(F)C(OC(F)(F)C(F)(F)OC(F)(F)C(F)(OC(=O)C(F)=C(F)F)C(F)(F)F)(C3(F)F)C2(F)F)C(F)=C(F)F. The molecule has 0 radical (unpaired) electrons. The molecule has 4 rings (SSSR count). The maximum absolute atomic E-state index is 16.9. The summed E-state index contributed by atoms with van der Waals surface area (Å²) < 4.78 is 775. The number of esters is 3. The number of halogens is 52. The van der Waals surface area contributed by atoms with E-state index in [0.29, 0.717) is 0 Å². The third-order valence-electron chi connectivity index (χ3n) is 11.9. The molecule has 0 spiro atoms. The van der Waals surface area contributed by atoms with Gasteiger partial charge < -0.3 is 14.2 Å². The highest BCUT2D eigenvalue weighted by Crippen LogP contribution is 2.90. The first-order valence-electron chi connectivity index (χ1n) is 20.9. The molecular formula is C34F52O12. The molecule has 4 aliphatic carbocycles. The first kappa shape index (κ1) is 86.0. The molecule has 3 atom stereocenters. The average Bonchev–Trinajstić information content (AvgIpc) is 0.583. The Morgan fingerprint density at radius 1 is 0.224 bits per heavy atom. The van der Waals surface area contributed by atoms with Crippen LogP contribution in [0.2, 0.25) is 0 Å². The highest BCUT2D eigenvalue weighted by molar-refractivity contribution is 5.87. The summed E-state index contributed by atoms with van der Waals surface area (Å²) in [5.74, 6) is -121. The van der Waals surface area contributed by atoms with Crippen LogP contribution >= 0.6 is 0 Å². The Labute approximate surface area is 489 Å². The molecule has 12 nitrogen and oxygen atoms in total. The molecule has 0 heterocycles. The summed E-state index contributed by atoms with van der Waals surface area (Å²) in [7, 11) is 0. The summed E-state index contributed by atoms with van der Waals surface area (Å²) in [5.41, 5.74) is -44.0. The zero-order valence-corrected chi connectivity index (χ0v) is 41.6. The van der Waals surface area contributed by atoms with Gasteiger partial charge in [-0.2, -0.15) is 224 Å². The van der Waals surface area contributed by atoms with Crippen LogP contribution < -0.4 is 0 Å². The average molecular weight is 1590 g/mol. The summed E-state index contributed by atoms with van der Waals surface area (Å²) >= 11 is 0. The van der Waals surface area contributed by atoms with Crippen LogP contribution in [-0.4, -0.2) is 167 Å². The number of ether oxygens (including phenoxy) is 9. The van der Waals surface area contributed by atoms with Crippen molar-refractivity contribution in [1.29, 1.82) is 0 Å². The summed E-state index contributed by atoms with van der Waals surface area (Å²) in [6.45, 7) is 0. The topological polar surface area (TPSA) is 134 Å². The van der Waals surface area contributed by atoms with E-state index < -0.39 is 203 Å². The highest BCUT2D eigenvalue weighted by atomic mass is 19.4. The van der Waals surface area contributed by atoms with E-state index in [4.69, 9.17) is 0 Å². The van der Waals surface area contributed by atoms with Gasteiger partial charge in [-0.1, -0.05) is 0 Å². The van der Waals surface area contributed by atoms with Gasteiger partial charge in [0.25, 0.3) is 34.3 Å². The van der Waals surface area contributed by atoms with Gasteiger partial charge in [0.05, 0.1) is 0 Å². The van der Waals surface area contributed by atoms with E-state index in [0.717, 1.165) is 28.4 Å². The van der Waals surface area contributed by atoms with Crippen LogP contribution in [0.25, 0.3) is 0 Å². The Morgan fingerprint density at radius 2 is 0.378 bits per heavy atom. The minimum absolute atomic E-state index is 0.789. The van der Waals surface area contributed by atoms with Gasteiger partial charge in [-0.05, 0) is 0 Å². The monoisotopic (exact) mass is 1590 g/mol. The third-order valence-corrected chi connectivity index (χ3v) is 11.9. The van der Waals surface area contributed by atoms with Crippen molar-refractivity contribution in [2.45, 2.75) is 149 Å². The lowest BCUT2D eigenvalue weighted by Gasteiger charge is -2.77. The van der Waals surface area contributed by atoms with Crippen molar-refractivity contribution < 1.29 is 285 Å². The fourth-order valence-corrected chi connectivity index (χ4v) is 7.62. The van der Waals surface area contributed by atoms with Gasteiger partial charge in [0.15, 0.2) is 0 Å². The van der Waals surface area contributed by atoms with Gasteiger partial charge in [0.2, 0.25) is 0 Å². The van der Waals surface area contributed by atoms with Crippen molar-refractivity contribution in [2.24, 2.45) is 0 Å². The van der Waals surface area contributed by atoms with Gasteiger partial charge in [-0.25, -0.2) is 33.0 Å². The molecule has 4 bridgehead atoms. The Balaban J connectivity index is 2.85. The maximum Gasteiger partial charge on any atom is 0.470 e. The first-order chi connectivity index (χ1) is 42.2. The van der Waals surface area contributed by atoms with E-state index in [9.17, 15) is 133 Å². The van der Waals surface area contributed by atoms with Gasteiger partial charge in [-0.15, -0.1) is 0 Å². The lowest BCUT2D eigenvalue weighted by molar-refractivity contribution is -0.681. The Hall–Kier alpha value is -6.25. The number of alkyl halides is 43. The normalized spacial score (nSPS) is 26.8. The Kier molecular flexibility index (Phi) is 19.8. The van der Waals surface area contributed by atoms with Crippen LogP contribution in [0.5, 0.6) is 0 Å². The van der Waals surface area contributed by atoms with E-state index in [1.807, 2.05) is 0 Å². The van der Waals surface area contributed by atoms with E-state index >= 15 is 110 Å². The lowest BCUT2D eigenvalue weighted by Crippen LogP contribution is -3.12. The van der Waals surface area contributed by atoms with Crippen molar-refractivity contribution in [3.8, 4) is 0 Å². The molecule has 98 heavy (non-hydrogen) atoms. The fraction of sp³-hybridized carbons (Fsp3) is 0.735. The number of carbonyl (C=O) groups is 3. The quantitative estimate of drug-likeness (QED) is 0.0394. The van der Waals surface area contributed by atoms with Crippen LogP contribution in [0, 0.1) is 0 Å². The predicted molar refractivity (Wildman–Crippen MR) is 172 cm³/mol. The second-order valence-electron chi connectivity index (χ2n) is 17.6. The molecule has 3 unspecified atom stereocenters. The standard InChI is InChI=1S/C34F52O12/c35-1(4(38)39)7(87)90-20(57,23(60,61)62)26(69,70)96-32(81,82)29(75,76)93-11-14(45,46)10(44)15(47,48)12(17(11,51)52,94-30(77,78)33(83,84)97-27(71,72)21(58,24(63,64)65)91-8(88)2(36)5(40)41)19(55,56)13(16(10,49)50,18(11,53)54)95-31(79,80)34(85,86)98-28(73,74)22(59,25(66,67)68)92-9(89)3(37)6(42)43. The van der Waals surface area contributed by atoms with Crippen molar-refractivity contribution >= 4 is 17.9 Å². The lowest BCUT2D eigenvalue weighted by atomic mass is 9.38. The molecular weight excluding hydrogens is 1590 g/mol. The smallest absolute Gasteiger partial charge is 0.407 e. The van der Waals surface area contributed by atoms with Gasteiger partial charge >= 0.3 is 168 Å². The zero-order valence-electron chi connectivity index (χ0n) is 41.6. The number of carbonyl (C=O) groups excluding carboxylic acids is 3. The molecule has 0 aromatic heterocycles. The summed E-state index contributed by atoms with van der Waals surface area (Å²) in [6.07, 6.45) is -129. The Bertz CT molecular complexity index is 2880. The van der Waals surface area contributed by atoms with Crippen molar-refractivity contribution in [1.82, 2.24) is 0 Å². The van der Waals surface area contributed by atoms with Crippen molar-refractivity contribution in [2.75, 3.05) is 0 Å². The molecule has 0 aromatic rings. The Morgan fingerprint density at radius 3 is 0.510 bits per heavy atom. The molecule has 0 amide bonds. The molecule has 4 saturated carbocycles. The third kappa shape index (κ3) is 10.6. The largest absolute Gasteiger partial charge is 0.470 e. The minimum atomic E-state index is -11.1. The molecule has 0 saturated heterocycles. The van der Waals surface area contributed by atoms with E-state index in [2.05, 4.69) is 0 Å². The van der Waals surface area contributed by atoms with E-state index in [1.54, 1.807) is 14.2 Å². The van der Waals surface area contributed by atoms with Crippen LogP contribution in [0.15, 0.2) is 35.7 Å². The molecule has 0 N–H and O–H groups in total. The van der Waals surface area contributed by atoms with Crippen LogP contribution in [0.1, 0.15) is 0 Å². The summed E-state index contributed by atoms with van der Waals surface area (Å²) in [5, 5.41) is 0. The second kappa shape index (κ2) is 22.6. The zero-order chi connectivity index (χ0) is 79.1. The van der Waals surface area contributed by atoms with Gasteiger partial charge in [0, 0.05) is 0 Å². The number of hydrogen-bond donors (Lipinski definition) is 0. The maximum atomic E-state index is 16.9. The molecule has 4 fully saturated rings. The molecule has 0 aliphatic heterocycles. The minimum Gasteiger partial charge on any atom is -0.407 e. The van der Waals surface area contributed by atoms with Crippen molar-refractivity contribution in [3.63, 3.8) is 0 Å². The van der Waals surface area contributed by atoms with Crippen LogP contribution in [0.4, 0.5) is 228 Å². The summed E-state index contributed by atoms with van der Waals surface area (Å²) in [6, 6.07) is 0. The summed E-state index contributed by atoms with van der Waals surface area (Å²) in [4.78, 5) is 33.2. The molecule has 4 aliphatic rings. The second-order valence-corrected chi connectivity index (χ2v) is 17.6. The molecule has 572 valence electrons. The molecule has 0 aromatic carbocycles. The highest BCUT2D eigenvalue weighted by Gasteiger charge is 3.24. The van der Waals surface area contributed by atoms with E-state index in [1.165, 1.54) is 0 Å². The number of rotatable bonds is 24. The van der Waals surface area contributed by atoms with Crippen molar-refractivity contribution in [3.05, 3.63) is 35.7 Å². The predicted octanol–water partition coefficient (Wildman–Crippen LogP) is 15.7. The van der Waals surface area contributed by atoms with Crippen LogP contribution in [0.3, 0.4) is 0 Å². The number of hydrogen-bond acceptors (Lipinski definition) is 12. The van der Waals surface area contributed by atoms with Gasteiger partial charge in [-0.3, -0.25) is 14.2 Å². The van der Waals surface area contributed by atoms with E-state index in [-0.39, 0.29) is 0 Å². The molecule has 64 heteroatoms. The van der Waals surface area contributed by atoms with Crippen LogP contribution in [-0.2, 0) is 57.0 Å². The fourth-order valence-electron chi connectivity index (χ4n) is 7.62.